The van der Waals surface area contributed by atoms with E-state index in [0.29, 0.717) is 0 Å². The van der Waals surface area contributed by atoms with Crippen LogP contribution in [0.15, 0.2) is 0 Å². The maximum absolute atomic E-state index is 10.9. The monoisotopic (exact) mass is 287 g/mol. The van der Waals surface area contributed by atoms with Crippen molar-refractivity contribution in [2.45, 2.75) is 12.5 Å². The number of halogens is 1. The van der Waals surface area contributed by atoms with Crippen molar-refractivity contribution in [1.29, 1.82) is 0 Å². The molecule has 1 unspecified atom stereocenters. The lowest BCUT2D eigenvalue weighted by Gasteiger charge is -2.10. The number of esters is 2. The summed E-state index contributed by atoms with van der Waals surface area (Å²) in [6, 6.07) is -0.636. The third-order valence-electron chi connectivity index (χ3n) is 1.22. The Balaban J connectivity index is 3.99. The molecular formula is C6H10INO4. The zero-order valence-electron chi connectivity index (χ0n) is 6.80. The van der Waals surface area contributed by atoms with Crippen LogP contribution in [0.25, 0.3) is 0 Å². The van der Waals surface area contributed by atoms with Crippen LogP contribution in [0.2, 0.25) is 0 Å². The lowest BCUT2D eigenvalue weighted by atomic mass is 10.2. The van der Waals surface area contributed by atoms with E-state index in [1.807, 2.05) is 0 Å². The first-order valence-electron chi connectivity index (χ1n) is 3.16. The molecule has 0 aliphatic rings. The molecule has 1 N–H and O–H groups in total. The van der Waals surface area contributed by atoms with Gasteiger partial charge < -0.3 is 9.47 Å². The Bertz CT molecular complexity index is 173. The van der Waals surface area contributed by atoms with Crippen molar-refractivity contribution in [3.8, 4) is 0 Å². The molecule has 1 atom stereocenters. The van der Waals surface area contributed by atoms with E-state index in [0.717, 1.165) is 0 Å². The molecule has 0 heterocycles. The van der Waals surface area contributed by atoms with Crippen molar-refractivity contribution in [3.05, 3.63) is 0 Å². The van der Waals surface area contributed by atoms with E-state index >= 15 is 0 Å². The van der Waals surface area contributed by atoms with E-state index in [-0.39, 0.29) is 6.42 Å². The van der Waals surface area contributed by atoms with Crippen molar-refractivity contribution in [2.75, 3.05) is 14.2 Å². The minimum Gasteiger partial charge on any atom is -0.469 e. The smallest absolute Gasteiger partial charge is 0.324 e. The van der Waals surface area contributed by atoms with Gasteiger partial charge in [0.1, 0.15) is 6.04 Å². The fourth-order valence-electron chi connectivity index (χ4n) is 0.559. The number of carbonyl (C=O) groups excluding carboxylic acids is 2. The van der Waals surface area contributed by atoms with Gasteiger partial charge in [0.15, 0.2) is 0 Å². The normalized spacial score (nSPS) is 11.9. The zero-order chi connectivity index (χ0) is 9.56. The van der Waals surface area contributed by atoms with Crippen LogP contribution in [0.3, 0.4) is 0 Å². The van der Waals surface area contributed by atoms with Crippen LogP contribution in [-0.4, -0.2) is 32.2 Å². The molecule has 0 aromatic rings. The Morgan fingerprint density at radius 1 is 1.42 bits per heavy atom. The average molecular weight is 287 g/mol. The van der Waals surface area contributed by atoms with E-state index in [1.54, 1.807) is 22.9 Å². The van der Waals surface area contributed by atoms with Crippen LogP contribution in [0.1, 0.15) is 6.42 Å². The van der Waals surface area contributed by atoms with Gasteiger partial charge in [-0.3, -0.25) is 9.59 Å². The van der Waals surface area contributed by atoms with Crippen LogP contribution in [0.5, 0.6) is 0 Å². The van der Waals surface area contributed by atoms with E-state index < -0.39 is 18.0 Å². The lowest BCUT2D eigenvalue weighted by Crippen LogP contribution is -2.34. The van der Waals surface area contributed by atoms with Gasteiger partial charge in [0.2, 0.25) is 0 Å². The van der Waals surface area contributed by atoms with E-state index in [2.05, 4.69) is 13.0 Å². The summed E-state index contributed by atoms with van der Waals surface area (Å²) in [5.41, 5.74) is 0. The summed E-state index contributed by atoms with van der Waals surface area (Å²) in [5, 5.41) is 0. The number of nitrogens with one attached hydrogen (secondary N) is 1. The Morgan fingerprint density at radius 2 is 2.00 bits per heavy atom. The molecule has 0 amide bonds. The molecule has 0 radical (unpaired) electrons. The highest BCUT2D eigenvalue weighted by atomic mass is 127. The summed E-state index contributed by atoms with van der Waals surface area (Å²) in [4.78, 5) is 21.6. The molecule has 0 aliphatic carbocycles. The van der Waals surface area contributed by atoms with Gasteiger partial charge in [0, 0.05) is 22.9 Å². The molecule has 0 spiro atoms. The van der Waals surface area contributed by atoms with E-state index in [1.165, 1.54) is 14.2 Å². The van der Waals surface area contributed by atoms with Crippen molar-refractivity contribution < 1.29 is 19.1 Å². The Kier molecular flexibility index (Phi) is 5.99. The second-order valence-electron chi connectivity index (χ2n) is 1.97. The van der Waals surface area contributed by atoms with Crippen molar-refractivity contribution in [1.82, 2.24) is 3.53 Å². The van der Waals surface area contributed by atoms with Crippen molar-refractivity contribution >= 4 is 34.8 Å². The largest absolute Gasteiger partial charge is 0.469 e. The second-order valence-corrected chi connectivity index (χ2v) is 2.59. The van der Waals surface area contributed by atoms with Crippen molar-refractivity contribution in [2.24, 2.45) is 0 Å². The molecule has 12 heavy (non-hydrogen) atoms. The highest BCUT2D eigenvalue weighted by molar-refractivity contribution is 14.1. The van der Waals surface area contributed by atoms with E-state index in [4.69, 9.17) is 0 Å². The molecule has 70 valence electrons. The summed E-state index contributed by atoms with van der Waals surface area (Å²) >= 11 is 1.78. The van der Waals surface area contributed by atoms with Gasteiger partial charge >= 0.3 is 11.9 Å². The summed E-state index contributed by atoms with van der Waals surface area (Å²) in [5.74, 6) is -0.927. The summed E-state index contributed by atoms with van der Waals surface area (Å²) in [6.45, 7) is 0. The zero-order valence-corrected chi connectivity index (χ0v) is 8.95. The lowest BCUT2D eigenvalue weighted by molar-refractivity contribution is -0.148. The molecular weight excluding hydrogens is 277 g/mol. The summed E-state index contributed by atoms with van der Waals surface area (Å²) in [7, 11) is 2.53. The molecule has 0 aromatic carbocycles. The molecule has 0 aromatic heterocycles. The number of carbonyl (C=O) groups is 2. The standard InChI is InChI=1S/C6H10INO4/c1-11-5(9)3-4(8-7)6(10)12-2/h4,8H,3H2,1-2H3. The number of hydrogen-bond acceptors (Lipinski definition) is 5. The Morgan fingerprint density at radius 3 is 2.33 bits per heavy atom. The first kappa shape index (κ1) is 11.6. The van der Waals surface area contributed by atoms with Gasteiger partial charge in [-0.25, -0.2) is 3.53 Å². The van der Waals surface area contributed by atoms with Crippen LogP contribution < -0.4 is 3.53 Å². The average Bonchev–Trinajstić information content (AvgIpc) is 2.12. The van der Waals surface area contributed by atoms with Crippen molar-refractivity contribution in [3.63, 3.8) is 0 Å². The number of methoxy groups -OCH3 is 2. The topological polar surface area (TPSA) is 64.6 Å². The molecule has 0 fully saturated rings. The Labute approximate surface area is 84.3 Å². The van der Waals surface area contributed by atoms with Gasteiger partial charge in [-0.15, -0.1) is 0 Å². The second kappa shape index (κ2) is 6.18. The fourth-order valence-corrected chi connectivity index (χ4v) is 1.03. The first-order chi connectivity index (χ1) is 5.65. The molecule has 0 bridgehead atoms. The van der Waals surface area contributed by atoms with Crippen LogP contribution >= 0.6 is 22.9 Å². The maximum Gasteiger partial charge on any atom is 0.324 e. The number of ether oxygens (including phenoxy) is 2. The van der Waals surface area contributed by atoms with Crippen LogP contribution in [-0.2, 0) is 19.1 Å². The first-order valence-corrected chi connectivity index (χ1v) is 4.24. The summed E-state index contributed by atoms with van der Waals surface area (Å²) < 4.78 is 11.4. The van der Waals surface area contributed by atoms with Gasteiger partial charge in [0.05, 0.1) is 20.6 Å². The van der Waals surface area contributed by atoms with E-state index in [9.17, 15) is 9.59 Å². The van der Waals surface area contributed by atoms with Gasteiger partial charge in [-0.1, -0.05) is 0 Å². The maximum atomic E-state index is 10.9. The minimum atomic E-state index is -0.636. The molecule has 5 nitrogen and oxygen atoms in total. The third-order valence-corrected chi connectivity index (χ3v) is 1.97. The molecule has 6 heteroatoms. The fraction of sp³-hybridized carbons (Fsp3) is 0.667. The van der Waals surface area contributed by atoms with Gasteiger partial charge in [-0.2, -0.15) is 0 Å². The summed E-state index contributed by atoms with van der Waals surface area (Å²) in [6.07, 6.45) is -0.0217. The van der Waals surface area contributed by atoms with Gasteiger partial charge in [-0.05, 0) is 0 Å². The quantitative estimate of drug-likeness (QED) is 0.449. The Hall–Kier alpha value is -0.370. The number of hydrogen-bond donors (Lipinski definition) is 1. The molecule has 0 rings (SSSR count). The SMILES string of the molecule is COC(=O)CC(NI)C(=O)OC. The highest BCUT2D eigenvalue weighted by Crippen LogP contribution is 1.98. The molecule has 0 aliphatic heterocycles. The number of rotatable bonds is 4. The molecule has 0 saturated carbocycles. The van der Waals surface area contributed by atoms with Crippen LogP contribution in [0.4, 0.5) is 0 Å². The highest BCUT2D eigenvalue weighted by Gasteiger charge is 2.21. The predicted octanol–water partition coefficient (Wildman–Crippen LogP) is 0.0307. The molecule has 0 saturated heterocycles. The van der Waals surface area contributed by atoms with Crippen LogP contribution in [0, 0.1) is 0 Å². The van der Waals surface area contributed by atoms with Gasteiger partial charge in [0.25, 0.3) is 0 Å². The third kappa shape index (κ3) is 3.86. The minimum absolute atomic E-state index is 0.0217. The predicted molar refractivity (Wildman–Crippen MR) is 49.6 cm³/mol.